The molecule has 262 valence electrons. The van der Waals surface area contributed by atoms with Gasteiger partial charge in [0.15, 0.2) is 0 Å². The molecule has 46 heavy (non-hydrogen) atoms. The van der Waals surface area contributed by atoms with Crippen LogP contribution in [0.15, 0.2) is 60.8 Å². The predicted octanol–water partition coefficient (Wildman–Crippen LogP) is 7.59. The number of carbonyl (C=O) groups is 2. The number of carbonyl (C=O) groups excluding carboxylic acids is 2. The molecule has 2 amide bonds. The Bertz CT molecular complexity index is 1070. The first-order valence-corrected chi connectivity index (χ1v) is 17.0. The van der Waals surface area contributed by atoms with Crippen molar-refractivity contribution < 1.29 is 18.7 Å². The Kier molecular flexibility index (Phi) is 27.1. The molecule has 3 atom stereocenters. The fourth-order valence-electron chi connectivity index (χ4n) is 3.70. The number of para-hydroxylation sites is 1. The van der Waals surface area contributed by atoms with Crippen LogP contribution in [-0.4, -0.2) is 50.1 Å². The molecule has 0 saturated carbocycles. The summed E-state index contributed by atoms with van der Waals surface area (Å²) in [7, 11) is 0. The number of nitrogens with one attached hydrogen (secondary N) is 4. The second-order valence-electron chi connectivity index (χ2n) is 12.0. The summed E-state index contributed by atoms with van der Waals surface area (Å²) < 4.78 is 18.2. The number of amides is 2. The molecule has 2 aromatic carbocycles. The van der Waals surface area contributed by atoms with E-state index in [-0.39, 0.29) is 36.1 Å². The van der Waals surface area contributed by atoms with Crippen molar-refractivity contribution in [2.75, 3.05) is 26.2 Å². The van der Waals surface area contributed by atoms with Crippen molar-refractivity contribution in [1.29, 1.82) is 0 Å². The minimum absolute atomic E-state index is 0.0823. The second-order valence-corrected chi connectivity index (χ2v) is 12.0. The Morgan fingerprint density at radius 2 is 1.57 bits per heavy atom. The molecular formula is C38H65FN4O3. The monoisotopic (exact) mass is 645 g/mol. The number of benzene rings is 2. The highest BCUT2D eigenvalue weighted by molar-refractivity contribution is 5.88. The van der Waals surface area contributed by atoms with Crippen LogP contribution in [0.2, 0.25) is 0 Å². The Morgan fingerprint density at radius 1 is 0.957 bits per heavy atom. The molecule has 0 aromatic heterocycles. The van der Waals surface area contributed by atoms with Crippen LogP contribution in [0.1, 0.15) is 93.2 Å². The van der Waals surface area contributed by atoms with E-state index in [0.717, 1.165) is 29.2 Å². The zero-order valence-corrected chi connectivity index (χ0v) is 30.7. The normalized spacial score (nSPS) is 18.9. The van der Waals surface area contributed by atoms with Crippen LogP contribution in [0.5, 0.6) is 5.75 Å². The van der Waals surface area contributed by atoms with E-state index in [1.165, 1.54) is 18.6 Å². The molecule has 0 fully saturated rings. The van der Waals surface area contributed by atoms with Gasteiger partial charge in [-0.1, -0.05) is 106 Å². The molecule has 0 aliphatic carbocycles. The van der Waals surface area contributed by atoms with Crippen molar-refractivity contribution >= 4 is 11.8 Å². The van der Waals surface area contributed by atoms with E-state index in [4.69, 9.17) is 4.74 Å². The molecule has 0 bridgehead atoms. The van der Waals surface area contributed by atoms with Crippen LogP contribution < -0.4 is 26.0 Å². The Labute approximate surface area is 280 Å². The van der Waals surface area contributed by atoms with E-state index in [2.05, 4.69) is 75.5 Å². The number of fused-ring (bicyclic) bond motifs is 1. The maximum absolute atomic E-state index is 12.5. The fourth-order valence-corrected chi connectivity index (χ4v) is 3.70. The molecule has 1 aliphatic heterocycles. The number of halogens is 1. The van der Waals surface area contributed by atoms with E-state index in [9.17, 15) is 14.0 Å². The summed E-state index contributed by atoms with van der Waals surface area (Å²) in [6.45, 7) is 28.2. The van der Waals surface area contributed by atoms with Crippen LogP contribution in [0.3, 0.4) is 0 Å². The summed E-state index contributed by atoms with van der Waals surface area (Å²) in [6, 6.07) is 14.1. The van der Waals surface area contributed by atoms with Gasteiger partial charge >= 0.3 is 0 Å². The SMILES string of the molecule is C=C1CN[C@@H](C)COc2ccccc2CC(C)CNC(=O)C(CC)NC(=O)CN1.CC.CC(C)C.CCC.Cc1cccc(F)c1. The van der Waals surface area contributed by atoms with Crippen molar-refractivity contribution in [3.05, 3.63) is 77.8 Å². The van der Waals surface area contributed by atoms with E-state index < -0.39 is 6.04 Å². The first kappa shape index (κ1) is 44.7. The fraction of sp³-hybridized carbons (Fsp3) is 0.579. The van der Waals surface area contributed by atoms with Gasteiger partial charge in [-0.3, -0.25) is 9.59 Å². The van der Waals surface area contributed by atoms with Crippen molar-refractivity contribution in [2.24, 2.45) is 11.8 Å². The molecule has 0 spiro atoms. The molecule has 2 aromatic rings. The van der Waals surface area contributed by atoms with Crippen molar-refractivity contribution in [2.45, 2.75) is 108 Å². The predicted molar refractivity (Wildman–Crippen MR) is 194 cm³/mol. The van der Waals surface area contributed by atoms with Gasteiger partial charge in [0.05, 0.1) is 6.54 Å². The lowest BCUT2D eigenvalue weighted by atomic mass is 10.00. The third-order valence-electron chi connectivity index (χ3n) is 5.86. The first-order chi connectivity index (χ1) is 21.8. The molecule has 1 aliphatic rings. The third kappa shape index (κ3) is 23.9. The highest BCUT2D eigenvalue weighted by Crippen LogP contribution is 2.21. The van der Waals surface area contributed by atoms with E-state index in [0.29, 0.717) is 31.8 Å². The molecule has 1 heterocycles. The van der Waals surface area contributed by atoms with Gasteiger partial charge in [0.1, 0.15) is 24.2 Å². The Morgan fingerprint density at radius 3 is 2.11 bits per heavy atom. The van der Waals surface area contributed by atoms with Crippen molar-refractivity contribution in [3.8, 4) is 5.75 Å². The van der Waals surface area contributed by atoms with Crippen LogP contribution in [0.4, 0.5) is 4.39 Å². The molecule has 4 N–H and O–H groups in total. The van der Waals surface area contributed by atoms with Gasteiger partial charge in [0.2, 0.25) is 11.8 Å². The van der Waals surface area contributed by atoms with Gasteiger partial charge in [0, 0.05) is 24.8 Å². The smallest absolute Gasteiger partial charge is 0.242 e. The molecule has 7 nitrogen and oxygen atoms in total. The van der Waals surface area contributed by atoms with Crippen LogP contribution in [0.25, 0.3) is 0 Å². The van der Waals surface area contributed by atoms with Gasteiger partial charge in [-0.25, -0.2) is 4.39 Å². The number of rotatable bonds is 1. The summed E-state index contributed by atoms with van der Waals surface area (Å²) in [5.74, 6) is 1.39. The van der Waals surface area contributed by atoms with Gasteiger partial charge in [0.25, 0.3) is 0 Å². The van der Waals surface area contributed by atoms with Crippen LogP contribution >= 0.6 is 0 Å². The minimum Gasteiger partial charge on any atom is -0.492 e. The van der Waals surface area contributed by atoms with Crippen LogP contribution in [-0.2, 0) is 16.0 Å². The first-order valence-electron chi connectivity index (χ1n) is 17.0. The van der Waals surface area contributed by atoms with Gasteiger partial charge < -0.3 is 26.0 Å². The average Bonchev–Trinajstić information content (AvgIpc) is 3.01. The average molecular weight is 645 g/mol. The molecular weight excluding hydrogens is 579 g/mol. The van der Waals surface area contributed by atoms with Crippen LogP contribution in [0, 0.1) is 24.6 Å². The lowest BCUT2D eigenvalue weighted by molar-refractivity contribution is -0.128. The topological polar surface area (TPSA) is 91.5 Å². The zero-order valence-electron chi connectivity index (χ0n) is 30.7. The lowest BCUT2D eigenvalue weighted by Crippen LogP contribution is -2.49. The molecule has 8 heteroatoms. The summed E-state index contributed by atoms with van der Waals surface area (Å²) in [4.78, 5) is 24.6. The maximum Gasteiger partial charge on any atom is 0.242 e. The second kappa shape index (κ2) is 27.9. The number of aryl methyl sites for hydroxylation is 1. The molecule has 0 saturated heterocycles. The summed E-state index contributed by atoms with van der Waals surface area (Å²) in [5, 5.41) is 12.1. The van der Waals surface area contributed by atoms with E-state index >= 15 is 0 Å². The minimum atomic E-state index is -0.544. The van der Waals surface area contributed by atoms with Gasteiger partial charge in [-0.15, -0.1) is 0 Å². The highest BCUT2D eigenvalue weighted by Gasteiger charge is 2.20. The summed E-state index contributed by atoms with van der Waals surface area (Å²) >= 11 is 0. The number of hydrogen-bond donors (Lipinski definition) is 4. The van der Waals surface area contributed by atoms with E-state index in [1.807, 2.05) is 58.9 Å². The standard InChI is InChI=1S/C22H34N4O3.C7H7F.C4H10.C3H8.C2H6/c1-5-19-22(28)25-11-15(2)10-18-8-6-7-9-20(18)29-14-17(4)23-12-16(3)24-13-21(27)26-19;1-6-3-2-4-7(8)5-6;1-4(2)3;1-3-2;1-2/h6-9,15,17,19,23-24H,3,5,10-14H2,1-2,4H3,(H,25,28)(H,26,27);2-5H,1H3;4H,1-3H3;3H2,1-2H3;1-2H3/t15?,17-,19?;;;;/m0..../s1. The van der Waals surface area contributed by atoms with Crippen molar-refractivity contribution in [3.63, 3.8) is 0 Å². The molecule has 2 unspecified atom stereocenters. The third-order valence-corrected chi connectivity index (χ3v) is 5.86. The Balaban J connectivity index is 0. The largest absolute Gasteiger partial charge is 0.492 e. The summed E-state index contributed by atoms with van der Waals surface area (Å²) in [6.07, 6.45) is 2.57. The summed E-state index contributed by atoms with van der Waals surface area (Å²) in [5.41, 5.74) is 2.79. The maximum atomic E-state index is 12.5. The van der Waals surface area contributed by atoms with Crippen molar-refractivity contribution in [1.82, 2.24) is 21.3 Å². The molecule has 0 radical (unpaired) electrons. The lowest BCUT2D eigenvalue weighted by Gasteiger charge is -2.22. The van der Waals surface area contributed by atoms with E-state index in [1.54, 1.807) is 6.07 Å². The zero-order chi connectivity index (χ0) is 35.5. The molecule has 3 rings (SSSR count). The number of hydrogen-bond acceptors (Lipinski definition) is 5. The number of ether oxygens (including phenoxy) is 1. The van der Waals surface area contributed by atoms with Gasteiger partial charge in [-0.2, -0.15) is 0 Å². The highest BCUT2D eigenvalue weighted by atomic mass is 19.1. The van der Waals surface area contributed by atoms with Gasteiger partial charge in [-0.05, 0) is 67.9 Å². The Hall–Kier alpha value is -3.39. The quantitative estimate of drug-likeness (QED) is 0.257.